The molecule has 0 heterocycles. The van der Waals surface area contributed by atoms with E-state index in [0.717, 1.165) is 0 Å². The molecule has 0 saturated heterocycles. The third-order valence-corrected chi connectivity index (χ3v) is 0.700. The van der Waals surface area contributed by atoms with E-state index < -0.39 is 11.9 Å². The lowest BCUT2D eigenvalue weighted by atomic mass is 10.6. The molecule has 58 valence electrons. The second-order valence-corrected chi connectivity index (χ2v) is 1.55. The van der Waals surface area contributed by atoms with Crippen molar-refractivity contribution in [1.29, 1.82) is 0 Å². The molecule has 3 N–H and O–H groups in total. The summed E-state index contributed by atoms with van der Waals surface area (Å²) in [5.41, 5.74) is 4.64. The van der Waals surface area contributed by atoms with Gasteiger partial charge in [0, 0.05) is 6.61 Å². The molecule has 0 radical (unpaired) electrons. The summed E-state index contributed by atoms with van der Waals surface area (Å²) in [6.07, 6.45) is 0. The van der Waals surface area contributed by atoms with E-state index in [9.17, 15) is 9.59 Å². The van der Waals surface area contributed by atoms with Crippen LogP contribution in [0.3, 0.4) is 0 Å². The van der Waals surface area contributed by atoms with Crippen molar-refractivity contribution in [2.24, 2.45) is 5.73 Å². The van der Waals surface area contributed by atoms with E-state index in [1.54, 1.807) is 6.92 Å². The minimum absolute atomic E-state index is 0.126. The zero-order chi connectivity index (χ0) is 7.98. The van der Waals surface area contributed by atoms with Gasteiger partial charge < -0.3 is 10.5 Å². The predicted octanol–water partition coefficient (Wildman–Crippen LogP) is -0.782. The minimum Gasteiger partial charge on any atom is -0.372 e. The van der Waals surface area contributed by atoms with Crippen LogP contribution in [0.5, 0.6) is 0 Å². The van der Waals surface area contributed by atoms with Gasteiger partial charge in [0.05, 0.1) is 0 Å². The maximum Gasteiger partial charge on any atom is 0.318 e. The van der Waals surface area contributed by atoms with Crippen molar-refractivity contribution in [2.75, 3.05) is 13.2 Å². The highest BCUT2D eigenvalue weighted by molar-refractivity contribution is 5.94. The van der Waals surface area contributed by atoms with Gasteiger partial charge in [0.25, 0.3) is 5.91 Å². The van der Waals surface area contributed by atoms with Crippen LogP contribution in [0.15, 0.2) is 0 Å². The summed E-state index contributed by atoms with van der Waals surface area (Å²) in [6.45, 7) is 2.06. The summed E-state index contributed by atoms with van der Waals surface area (Å²) in [7, 11) is 0. The molecule has 0 aliphatic rings. The third kappa shape index (κ3) is 5.04. The summed E-state index contributed by atoms with van der Waals surface area (Å²) in [6, 6.07) is -0.857. The molecule has 0 bridgehead atoms. The molecule has 0 aromatic rings. The van der Waals surface area contributed by atoms with Crippen LogP contribution in [0.4, 0.5) is 4.79 Å². The Hall–Kier alpha value is -1.10. The van der Waals surface area contributed by atoms with E-state index in [-0.39, 0.29) is 6.61 Å². The number of nitrogens with two attached hydrogens (primary N) is 1. The maximum absolute atomic E-state index is 10.5. The Morgan fingerprint density at radius 1 is 1.60 bits per heavy atom. The van der Waals surface area contributed by atoms with Crippen molar-refractivity contribution in [3.8, 4) is 0 Å². The molecule has 0 unspecified atom stereocenters. The number of nitrogens with one attached hydrogen (secondary N) is 1. The van der Waals surface area contributed by atoms with E-state index in [2.05, 4.69) is 10.5 Å². The number of hydrogen-bond acceptors (Lipinski definition) is 3. The van der Waals surface area contributed by atoms with Crippen molar-refractivity contribution >= 4 is 11.9 Å². The molecule has 3 amide bonds. The highest BCUT2D eigenvalue weighted by Gasteiger charge is 2.01. The van der Waals surface area contributed by atoms with Crippen molar-refractivity contribution < 1.29 is 14.3 Å². The smallest absolute Gasteiger partial charge is 0.318 e. The molecule has 5 nitrogen and oxygen atoms in total. The lowest BCUT2D eigenvalue weighted by molar-refractivity contribution is -0.124. The van der Waals surface area contributed by atoms with Crippen LogP contribution < -0.4 is 11.1 Å². The number of urea groups is 1. The van der Waals surface area contributed by atoms with Crippen molar-refractivity contribution in [3.63, 3.8) is 0 Å². The van der Waals surface area contributed by atoms with Gasteiger partial charge >= 0.3 is 6.03 Å². The van der Waals surface area contributed by atoms with E-state index in [1.165, 1.54) is 0 Å². The Morgan fingerprint density at radius 3 is 2.60 bits per heavy atom. The lowest BCUT2D eigenvalue weighted by Crippen LogP contribution is -2.37. The summed E-state index contributed by atoms with van der Waals surface area (Å²) < 4.78 is 4.68. The van der Waals surface area contributed by atoms with Gasteiger partial charge in [0.15, 0.2) is 0 Å². The molecule has 10 heavy (non-hydrogen) atoms. The number of ether oxygens (including phenoxy) is 1. The molecule has 0 aliphatic heterocycles. The Kier molecular flexibility index (Phi) is 4.23. The fourth-order valence-electron chi connectivity index (χ4n) is 0.368. The van der Waals surface area contributed by atoms with Gasteiger partial charge in [-0.2, -0.15) is 0 Å². The molecular formula is C5H10N2O3. The zero-order valence-corrected chi connectivity index (χ0v) is 5.72. The zero-order valence-electron chi connectivity index (χ0n) is 5.72. The highest BCUT2D eigenvalue weighted by Crippen LogP contribution is 1.72. The Morgan fingerprint density at radius 2 is 2.20 bits per heavy atom. The summed E-state index contributed by atoms with van der Waals surface area (Å²) in [5, 5.41) is 1.85. The first-order valence-electron chi connectivity index (χ1n) is 2.83. The molecule has 0 rings (SSSR count). The van der Waals surface area contributed by atoms with Crippen LogP contribution in [-0.4, -0.2) is 25.2 Å². The quantitative estimate of drug-likeness (QED) is 0.547. The third-order valence-electron chi connectivity index (χ3n) is 0.700. The first-order valence-corrected chi connectivity index (χ1v) is 2.83. The first kappa shape index (κ1) is 8.90. The molecule has 0 fully saturated rings. The topological polar surface area (TPSA) is 81.4 Å². The molecule has 0 aromatic heterocycles. The van der Waals surface area contributed by atoms with E-state index in [1.807, 2.05) is 5.32 Å². The fraction of sp³-hybridized carbons (Fsp3) is 0.600. The number of carbonyl (C=O) groups excluding carboxylic acids is 2. The number of imide groups is 1. The molecule has 0 saturated carbocycles. The number of primary amides is 1. The number of hydrogen-bond donors (Lipinski definition) is 2. The Balaban J connectivity index is 3.35. The van der Waals surface area contributed by atoms with Crippen LogP contribution in [0.2, 0.25) is 0 Å². The number of amides is 3. The van der Waals surface area contributed by atoms with Gasteiger partial charge in [-0.15, -0.1) is 0 Å². The molecule has 5 heteroatoms. The largest absolute Gasteiger partial charge is 0.372 e. The monoisotopic (exact) mass is 146 g/mol. The van der Waals surface area contributed by atoms with Crippen LogP contribution in [-0.2, 0) is 9.53 Å². The van der Waals surface area contributed by atoms with E-state index in [0.29, 0.717) is 6.61 Å². The standard InChI is InChI=1S/C5H10N2O3/c1-2-10-3-4(8)7-5(6)9/h2-3H2,1H3,(H3,6,7,8,9). The van der Waals surface area contributed by atoms with Gasteiger partial charge in [-0.3, -0.25) is 10.1 Å². The van der Waals surface area contributed by atoms with Crippen LogP contribution in [0.1, 0.15) is 6.92 Å². The minimum atomic E-state index is -0.857. The van der Waals surface area contributed by atoms with Gasteiger partial charge in [-0.1, -0.05) is 0 Å². The van der Waals surface area contributed by atoms with Gasteiger partial charge in [0.1, 0.15) is 6.61 Å². The Labute approximate surface area is 58.5 Å². The molecule has 0 aromatic carbocycles. The van der Waals surface area contributed by atoms with Gasteiger partial charge in [0.2, 0.25) is 0 Å². The van der Waals surface area contributed by atoms with E-state index >= 15 is 0 Å². The van der Waals surface area contributed by atoms with Gasteiger partial charge in [-0.25, -0.2) is 4.79 Å². The SMILES string of the molecule is CCOCC(=O)NC(N)=O. The highest BCUT2D eigenvalue weighted by atomic mass is 16.5. The first-order chi connectivity index (χ1) is 4.66. The van der Waals surface area contributed by atoms with Crippen LogP contribution in [0.25, 0.3) is 0 Å². The van der Waals surface area contributed by atoms with Crippen molar-refractivity contribution in [2.45, 2.75) is 6.92 Å². The Bertz CT molecular complexity index is 135. The van der Waals surface area contributed by atoms with Crippen molar-refractivity contribution in [3.05, 3.63) is 0 Å². The summed E-state index contributed by atoms with van der Waals surface area (Å²) in [4.78, 5) is 20.5. The molecule has 0 atom stereocenters. The van der Waals surface area contributed by atoms with Gasteiger partial charge in [-0.05, 0) is 6.92 Å². The molecule has 0 aliphatic carbocycles. The summed E-state index contributed by atoms with van der Waals surface area (Å²) in [5.74, 6) is -0.519. The number of carbonyl (C=O) groups is 2. The molecule has 0 spiro atoms. The summed E-state index contributed by atoms with van der Waals surface area (Å²) >= 11 is 0. The second kappa shape index (κ2) is 4.75. The fourth-order valence-corrected chi connectivity index (χ4v) is 0.368. The number of rotatable bonds is 3. The van der Waals surface area contributed by atoms with Crippen molar-refractivity contribution in [1.82, 2.24) is 5.32 Å². The average Bonchev–Trinajstić information content (AvgIpc) is 1.82. The molecular weight excluding hydrogens is 136 g/mol. The lowest BCUT2D eigenvalue weighted by Gasteiger charge is -1.98. The average molecular weight is 146 g/mol. The van der Waals surface area contributed by atoms with E-state index in [4.69, 9.17) is 0 Å². The second-order valence-electron chi connectivity index (χ2n) is 1.55. The predicted molar refractivity (Wildman–Crippen MR) is 34.2 cm³/mol. The van der Waals surface area contributed by atoms with Crippen LogP contribution >= 0.6 is 0 Å². The van der Waals surface area contributed by atoms with Crippen LogP contribution in [0, 0.1) is 0 Å². The normalized spacial score (nSPS) is 8.90. The maximum atomic E-state index is 10.5.